The molecule has 0 saturated heterocycles. The van der Waals surface area contributed by atoms with Crippen molar-refractivity contribution in [3.8, 4) is 0 Å². The molecule has 84 valence electrons. The van der Waals surface area contributed by atoms with Crippen molar-refractivity contribution in [3.63, 3.8) is 0 Å². The van der Waals surface area contributed by atoms with E-state index in [0.29, 0.717) is 0 Å². The van der Waals surface area contributed by atoms with Crippen molar-refractivity contribution in [2.24, 2.45) is 0 Å². The Morgan fingerprint density at radius 1 is 1.07 bits per heavy atom. The van der Waals surface area contributed by atoms with Gasteiger partial charge in [0.15, 0.2) is 0 Å². The van der Waals surface area contributed by atoms with Crippen LogP contribution in [0.3, 0.4) is 0 Å². The van der Waals surface area contributed by atoms with Crippen molar-refractivity contribution in [2.45, 2.75) is 39.2 Å². The van der Waals surface area contributed by atoms with Gasteiger partial charge in [-0.1, -0.05) is 56.0 Å². The maximum atomic E-state index is 6.45. The molecule has 0 aromatic heterocycles. The molecule has 0 fully saturated rings. The van der Waals surface area contributed by atoms with E-state index < -0.39 is 6.69 Å². The van der Waals surface area contributed by atoms with Gasteiger partial charge in [0.1, 0.15) is 0 Å². The van der Waals surface area contributed by atoms with E-state index in [1.807, 2.05) is 0 Å². The van der Waals surface area contributed by atoms with Gasteiger partial charge in [0.2, 0.25) is 0 Å². The molecule has 0 atom stereocenters. The van der Waals surface area contributed by atoms with E-state index in [9.17, 15) is 0 Å². The third-order valence-electron chi connectivity index (χ3n) is 2.57. The number of unbranched alkanes of at least 4 members (excludes halogenated alkanes) is 2. The van der Waals surface area contributed by atoms with Gasteiger partial charge in [-0.3, -0.25) is 0 Å². The predicted molar refractivity (Wildman–Crippen MR) is 72.6 cm³/mol. The molecule has 1 aromatic rings. The number of aryl methyl sites for hydroxylation is 1. The molecular formula is C12H18Cl2Si. The Bertz CT molecular complexity index is 293. The Hall–Kier alpha value is 0.0169. The van der Waals surface area contributed by atoms with Crippen molar-refractivity contribution in [2.75, 3.05) is 0 Å². The van der Waals surface area contributed by atoms with E-state index in [4.69, 9.17) is 22.2 Å². The molecule has 0 aliphatic heterocycles. The summed E-state index contributed by atoms with van der Waals surface area (Å²) in [6.07, 6.45) is 3.58. The van der Waals surface area contributed by atoms with Crippen LogP contribution >= 0.6 is 22.2 Å². The van der Waals surface area contributed by atoms with Gasteiger partial charge in [-0.25, -0.2) is 0 Å². The molecule has 3 heteroatoms. The fourth-order valence-electron chi connectivity index (χ4n) is 1.54. The van der Waals surface area contributed by atoms with Crippen LogP contribution in [0.1, 0.15) is 31.7 Å². The third-order valence-corrected chi connectivity index (χ3v) is 7.17. The first kappa shape index (κ1) is 13.1. The molecule has 0 nitrogen and oxygen atoms in total. The number of hydrogen-bond donors (Lipinski definition) is 0. The second-order valence-electron chi connectivity index (χ2n) is 4.03. The Kier molecular flexibility index (Phi) is 5.17. The molecule has 1 aromatic carbocycles. The molecule has 0 bridgehead atoms. The SMILES string of the molecule is CCCCC[Si](Cl)(Cl)c1ccc(C)cc1. The number of hydrogen-bond acceptors (Lipinski definition) is 0. The molecule has 15 heavy (non-hydrogen) atoms. The first-order valence-electron chi connectivity index (χ1n) is 5.51. The minimum absolute atomic E-state index is 0.965. The molecule has 0 spiro atoms. The van der Waals surface area contributed by atoms with Gasteiger partial charge >= 0.3 is 0 Å². The standard InChI is InChI=1S/C12H18Cl2Si/c1-3-4-5-10-15(13,14)12-8-6-11(2)7-9-12/h6-9H,3-5,10H2,1-2H3. The lowest BCUT2D eigenvalue weighted by Gasteiger charge is -2.16. The highest BCUT2D eigenvalue weighted by Crippen LogP contribution is 2.23. The summed E-state index contributed by atoms with van der Waals surface area (Å²) >= 11 is 12.9. The Labute approximate surface area is 103 Å². The molecule has 0 amide bonds. The zero-order valence-electron chi connectivity index (χ0n) is 9.39. The highest BCUT2D eigenvalue weighted by Gasteiger charge is 2.29. The molecule has 0 aliphatic carbocycles. The lowest BCUT2D eigenvalue weighted by Crippen LogP contribution is -2.36. The van der Waals surface area contributed by atoms with E-state index in [1.165, 1.54) is 18.4 Å². The molecule has 1 rings (SSSR count). The molecule has 0 aliphatic rings. The normalized spacial score (nSPS) is 11.7. The zero-order valence-corrected chi connectivity index (χ0v) is 11.9. The quantitative estimate of drug-likeness (QED) is 0.421. The lowest BCUT2D eigenvalue weighted by molar-refractivity contribution is 0.768. The molecule has 0 unspecified atom stereocenters. The molecule has 0 saturated carbocycles. The summed E-state index contributed by atoms with van der Waals surface area (Å²) in [7, 11) is 0. The van der Waals surface area contributed by atoms with Crippen molar-refractivity contribution >= 4 is 34.0 Å². The first-order valence-corrected chi connectivity index (χ1v) is 9.74. The van der Waals surface area contributed by atoms with Gasteiger partial charge in [-0.2, -0.15) is 0 Å². The second-order valence-corrected chi connectivity index (χ2v) is 11.0. The summed E-state index contributed by atoms with van der Waals surface area (Å²) in [6.45, 7) is 2.07. The van der Waals surface area contributed by atoms with Gasteiger partial charge < -0.3 is 0 Å². The summed E-state index contributed by atoms with van der Waals surface area (Å²) in [6, 6.07) is 9.29. The van der Waals surface area contributed by atoms with E-state index in [-0.39, 0.29) is 0 Å². The highest BCUT2D eigenvalue weighted by molar-refractivity contribution is 7.50. The topological polar surface area (TPSA) is 0 Å². The van der Waals surface area contributed by atoms with Gasteiger partial charge in [0.05, 0.1) is 0 Å². The first-order chi connectivity index (χ1) is 7.06. The smallest absolute Gasteiger partial charge is 0.140 e. The summed E-state index contributed by atoms with van der Waals surface area (Å²) in [5.74, 6) is 0. The Morgan fingerprint density at radius 2 is 1.67 bits per heavy atom. The van der Waals surface area contributed by atoms with Crippen LogP contribution in [0.4, 0.5) is 0 Å². The van der Waals surface area contributed by atoms with E-state index in [1.54, 1.807) is 0 Å². The zero-order chi connectivity index (χ0) is 11.3. The van der Waals surface area contributed by atoms with Gasteiger partial charge in [-0.05, 0) is 18.2 Å². The van der Waals surface area contributed by atoms with Crippen LogP contribution in [0.15, 0.2) is 24.3 Å². The molecule has 0 N–H and O–H groups in total. The summed E-state index contributed by atoms with van der Waals surface area (Å²) in [4.78, 5) is 0. The van der Waals surface area contributed by atoms with E-state index >= 15 is 0 Å². The van der Waals surface area contributed by atoms with Crippen LogP contribution in [-0.2, 0) is 0 Å². The van der Waals surface area contributed by atoms with Gasteiger partial charge in [-0.15, -0.1) is 22.2 Å². The monoisotopic (exact) mass is 260 g/mol. The van der Waals surface area contributed by atoms with Crippen LogP contribution in [0.2, 0.25) is 6.04 Å². The second kappa shape index (κ2) is 5.93. The van der Waals surface area contributed by atoms with Crippen molar-refractivity contribution < 1.29 is 0 Å². The summed E-state index contributed by atoms with van der Waals surface area (Å²) in [5.41, 5.74) is 1.26. The van der Waals surface area contributed by atoms with Gasteiger partial charge in [0.25, 0.3) is 6.69 Å². The summed E-state index contributed by atoms with van der Waals surface area (Å²) in [5, 5.41) is 1.15. The van der Waals surface area contributed by atoms with Gasteiger partial charge in [0, 0.05) is 0 Å². The lowest BCUT2D eigenvalue weighted by atomic mass is 10.2. The minimum Gasteiger partial charge on any atom is -0.140 e. The van der Waals surface area contributed by atoms with Crippen molar-refractivity contribution in [1.29, 1.82) is 0 Å². The summed E-state index contributed by atoms with van der Waals surface area (Å²) < 4.78 is 0. The van der Waals surface area contributed by atoms with Crippen LogP contribution in [-0.4, -0.2) is 6.69 Å². The molecular weight excluding hydrogens is 243 g/mol. The number of halogens is 2. The maximum absolute atomic E-state index is 6.45. The van der Waals surface area contributed by atoms with E-state index in [2.05, 4.69) is 38.1 Å². The fraction of sp³-hybridized carbons (Fsp3) is 0.500. The average molecular weight is 261 g/mol. The van der Waals surface area contributed by atoms with Crippen LogP contribution in [0, 0.1) is 6.92 Å². The Balaban J connectivity index is 2.63. The number of benzene rings is 1. The third kappa shape index (κ3) is 4.18. The average Bonchev–Trinajstić information content (AvgIpc) is 2.18. The minimum atomic E-state index is -2.20. The van der Waals surface area contributed by atoms with Crippen molar-refractivity contribution in [3.05, 3.63) is 29.8 Å². The molecule has 0 radical (unpaired) electrons. The fourth-order valence-corrected chi connectivity index (χ4v) is 4.73. The highest BCUT2D eigenvalue weighted by atomic mass is 35.7. The molecule has 0 heterocycles. The van der Waals surface area contributed by atoms with Crippen LogP contribution in [0.5, 0.6) is 0 Å². The van der Waals surface area contributed by atoms with Crippen molar-refractivity contribution in [1.82, 2.24) is 0 Å². The van der Waals surface area contributed by atoms with Crippen LogP contribution in [0.25, 0.3) is 0 Å². The van der Waals surface area contributed by atoms with E-state index in [0.717, 1.165) is 17.7 Å². The number of rotatable bonds is 5. The van der Waals surface area contributed by atoms with Crippen LogP contribution < -0.4 is 5.19 Å². The predicted octanol–water partition coefficient (Wildman–Crippen LogP) is 4.31. The maximum Gasteiger partial charge on any atom is 0.280 e. The largest absolute Gasteiger partial charge is 0.280 e. The Morgan fingerprint density at radius 3 is 2.20 bits per heavy atom.